The van der Waals surface area contributed by atoms with Gasteiger partial charge in [0, 0.05) is 0 Å². The fourth-order valence-electron chi connectivity index (χ4n) is 0.895. The van der Waals surface area contributed by atoms with Crippen LogP contribution in [0.4, 0.5) is 0 Å². The standard InChI is InChI=1S/C5H9NO2.Na.H/c7-5(8)4-2-1-3-6-4;;/h4,6H,1-3H2,(H,7,8);;/q;+1;-1. The number of rotatable bonds is 1. The predicted octanol–water partition coefficient (Wildman–Crippen LogP) is -3.06. The van der Waals surface area contributed by atoms with Crippen molar-refractivity contribution < 1.29 is 40.9 Å². The Morgan fingerprint density at radius 3 is 2.67 bits per heavy atom. The first-order valence-corrected chi connectivity index (χ1v) is 2.77. The quantitative estimate of drug-likeness (QED) is 0.379. The molecule has 1 rings (SSSR count). The van der Waals surface area contributed by atoms with Gasteiger partial charge in [0.05, 0.1) is 0 Å². The Morgan fingerprint density at radius 2 is 2.44 bits per heavy atom. The van der Waals surface area contributed by atoms with Gasteiger partial charge < -0.3 is 11.8 Å². The van der Waals surface area contributed by atoms with Gasteiger partial charge >= 0.3 is 35.5 Å². The van der Waals surface area contributed by atoms with Crippen molar-refractivity contribution in [3.63, 3.8) is 0 Å². The SMILES string of the molecule is O=C(O)C1CCCN1.[H-].[Na+]. The van der Waals surface area contributed by atoms with Crippen LogP contribution in [0.2, 0.25) is 0 Å². The number of nitrogens with one attached hydrogen (secondary N) is 1. The van der Waals surface area contributed by atoms with E-state index in [0.29, 0.717) is 0 Å². The number of carbonyl (C=O) groups is 1. The van der Waals surface area contributed by atoms with E-state index >= 15 is 0 Å². The van der Waals surface area contributed by atoms with Crippen LogP contribution in [0.3, 0.4) is 0 Å². The zero-order valence-electron chi connectivity index (χ0n) is 6.55. The molecule has 1 atom stereocenters. The Hall–Kier alpha value is 0.430. The van der Waals surface area contributed by atoms with Gasteiger partial charge in [0.25, 0.3) is 0 Å². The van der Waals surface area contributed by atoms with Gasteiger partial charge in [-0.05, 0) is 19.4 Å². The molecule has 3 nitrogen and oxygen atoms in total. The third-order valence-electron chi connectivity index (χ3n) is 1.36. The summed E-state index contributed by atoms with van der Waals surface area (Å²) in [5.74, 6) is -0.720. The van der Waals surface area contributed by atoms with Crippen molar-refractivity contribution in [2.75, 3.05) is 6.54 Å². The summed E-state index contributed by atoms with van der Waals surface area (Å²) in [5, 5.41) is 11.2. The Morgan fingerprint density at radius 1 is 1.78 bits per heavy atom. The van der Waals surface area contributed by atoms with E-state index in [1.165, 1.54) is 0 Å². The summed E-state index contributed by atoms with van der Waals surface area (Å²) in [6.07, 6.45) is 1.78. The first-order chi connectivity index (χ1) is 3.80. The molecule has 0 aromatic carbocycles. The first kappa shape index (κ1) is 9.43. The van der Waals surface area contributed by atoms with Crippen LogP contribution in [0.5, 0.6) is 0 Å². The molecule has 2 N–H and O–H groups in total. The molecule has 1 fully saturated rings. The fraction of sp³-hybridized carbons (Fsp3) is 0.800. The average Bonchev–Trinajstić information content (AvgIpc) is 2.12. The second kappa shape index (κ2) is 4.28. The molecule has 9 heavy (non-hydrogen) atoms. The molecule has 1 saturated heterocycles. The molecule has 0 bridgehead atoms. The van der Waals surface area contributed by atoms with E-state index in [9.17, 15) is 4.79 Å². The molecular formula is C5H10NNaO2. The first-order valence-electron chi connectivity index (χ1n) is 2.77. The zero-order valence-corrected chi connectivity index (χ0v) is 7.55. The minimum atomic E-state index is -0.720. The number of carboxylic acid groups (broad SMARTS) is 1. The van der Waals surface area contributed by atoms with Crippen molar-refractivity contribution in [2.45, 2.75) is 18.9 Å². The van der Waals surface area contributed by atoms with Crippen LogP contribution in [0.1, 0.15) is 14.3 Å². The Balaban J connectivity index is 0. The van der Waals surface area contributed by atoms with Crippen LogP contribution < -0.4 is 34.9 Å². The van der Waals surface area contributed by atoms with E-state index in [1.54, 1.807) is 0 Å². The molecule has 0 aromatic heterocycles. The number of aliphatic carboxylic acids is 1. The third kappa shape index (κ3) is 2.67. The summed E-state index contributed by atoms with van der Waals surface area (Å²) in [4.78, 5) is 10.1. The van der Waals surface area contributed by atoms with Crippen LogP contribution in [-0.4, -0.2) is 23.7 Å². The van der Waals surface area contributed by atoms with Gasteiger partial charge in [-0.1, -0.05) is 0 Å². The third-order valence-corrected chi connectivity index (χ3v) is 1.36. The van der Waals surface area contributed by atoms with Crippen molar-refractivity contribution in [2.24, 2.45) is 0 Å². The molecule has 0 aromatic rings. The summed E-state index contributed by atoms with van der Waals surface area (Å²) in [6, 6.07) is -0.269. The predicted molar refractivity (Wildman–Crippen MR) is 29.8 cm³/mol. The smallest absolute Gasteiger partial charge is 1.00 e. The molecule has 4 heteroatoms. The maximum absolute atomic E-state index is 10.1. The average molecular weight is 139 g/mol. The van der Waals surface area contributed by atoms with Crippen LogP contribution in [0.25, 0.3) is 0 Å². The van der Waals surface area contributed by atoms with Gasteiger partial charge in [0.2, 0.25) is 0 Å². The second-order valence-electron chi connectivity index (χ2n) is 1.99. The van der Waals surface area contributed by atoms with Crippen LogP contribution >= 0.6 is 0 Å². The molecule has 1 unspecified atom stereocenters. The molecule has 0 spiro atoms. The van der Waals surface area contributed by atoms with E-state index in [-0.39, 0.29) is 37.0 Å². The maximum Gasteiger partial charge on any atom is 1.00 e. The minimum absolute atomic E-state index is 0. The Labute approximate surface area is 77.6 Å². The van der Waals surface area contributed by atoms with Crippen molar-refractivity contribution in [3.8, 4) is 0 Å². The molecule has 48 valence electrons. The minimum Gasteiger partial charge on any atom is -1.00 e. The van der Waals surface area contributed by atoms with Crippen LogP contribution in [0.15, 0.2) is 0 Å². The fourth-order valence-corrected chi connectivity index (χ4v) is 0.895. The van der Waals surface area contributed by atoms with Gasteiger partial charge in [-0.2, -0.15) is 0 Å². The van der Waals surface area contributed by atoms with Crippen LogP contribution in [0, 0.1) is 0 Å². The zero-order chi connectivity index (χ0) is 5.98. The Kier molecular flexibility index (Phi) is 4.48. The van der Waals surface area contributed by atoms with E-state index in [1.807, 2.05) is 0 Å². The second-order valence-corrected chi connectivity index (χ2v) is 1.99. The number of hydrogen-bond acceptors (Lipinski definition) is 2. The summed E-state index contributed by atoms with van der Waals surface area (Å²) in [6.45, 7) is 0.858. The van der Waals surface area contributed by atoms with E-state index in [4.69, 9.17) is 5.11 Å². The van der Waals surface area contributed by atoms with Crippen molar-refractivity contribution in [3.05, 3.63) is 0 Å². The summed E-state index contributed by atoms with van der Waals surface area (Å²) in [7, 11) is 0. The van der Waals surface area contributed by atoms with Crippen molar-refractivity contribution in [1.29, 1.82) is 0 Å². The normalized spacial score (nSPS) is 25.1. The topological polar surface area (TPSA) is 49.3 Å². The van der Waals surface area contributed by atoms with Gasteiger partial charge in [0.15, 0.2) is 0 Å². The van der Waals surface area contributed by atoms with Crippen molar-refractivity contribution in [1.82, 2.24) is 5.32 Å². The molecule has 1 heterocycles. The summed E-state index contributed by atoms with van der Waals surface area (Å²) in [5.41, 5.74) is 0. The van der Waals surface area contributed by atoms with E-state index in [0.717, 1.165) is 19.4 Å². The maximum atomic E-state index is 10.1. The van der Waals surface area contributed by atoms with Crippen LogP contribution in [-0.2, 0) is 4.79 Å². The molecule has 1 aliphatic heterocycles. The van der Waals surface area contributed by atoms with Gasteiger partial charge in [-0.3, -0.25) is 4.79 Å². The Bertz CT molecular complexity index is 106. The molecule has 0 aliphatic carbocycles. The van der Waals surface area contributed by atoms with Gasteiger partial charge in [0.1, 0.15) is 6.04 Å². The largest absolute Gasteiger partial charge is 1.00 e. The monoisotopic (exact) mass is 139 g/mol. The molecule has 1 aliphatic rings. The molecular weight excluding hydrogens is 129 g/mol. The van der Waals surface area contributed by atoms with E-state index in [2.05, 4.69) is 5.32 Å². The van der Waals surface area contributed by atoms with Gasteiger partial charge in [-0.25, -0.2) is 0 Å². The van der Waals surface area contributed by atoms with Gasteiger partial charge in [-0.15, -0.1) is 0 Å². The number of hydrogen-bond donors (Lipinski definition) is 2. The van der Waals surface area contributed by atoms with E-state index < -0.39 is 5.97 Å². The van der Waals surface area contributed by atoms with Crippen molar-refractivity contribution >= 4 is 5.97 Å². The number of carboxylic acids is 1. The molecule has 0 saturated carbocycles. The molecule has 0 radical (unpaired) electrons. The summed E-state index contributed by atoms with van der Waals surface area (Å²) >= 11 is 0. The summed E-state index contributed by atoms with van der Waals surface area (Å²) < 4.78 is 0. The molecule has 0 amide bonds.